The van der Waals surface area contributed by atoms with Crippen molar-refractivity contribution in [3.05, 3.63) is 11.8 Å². The Morgan fingerprint density at radius 2 is 1.88 bits per heavy atom. The maximum atomic E-state index is 12.2. The van der Waals surface area contributed by atoms with Gasteiger partial charge in [0.15, 0.2) is 0 Å². The minimum Gasteiger partial charge on any atom is -0.387 e. The molecular formula is C21H33N3O2. The van der Waals surface area contributed by atoms with Gasteiger partial charge in [-0.3, -0.25) is 4.79 Å². The maximum Gasteiger partial charge on any atom is 0.263 e. The van der Waals surface area contributed by atoms with Gasteiger partial charge in [-0.05, 0) is 82.0 Å². The first-order valence-corrected chi connectivity index (χ1v) is 10.3. The molecule has 5 nitrogen and oxygen atoms in total. The average molecular weight is 360 g/mol. The number of rotatable bonds is 9. The quantitative estimate of drug-likeness (QED) is 0.377. The highest BCUT2D eigenvalue weighted by Crippen LogP contribution is 2.61. The molecule has 4 aliphatic carbocycles. The lowest BCUT2D eigenvalue weighted by atomic mass is 9.48. The average Bonchev–Trinajstić information content (AvgIpc) is 2.60. The molecule has 4 aliphatic rings. The third kappa shape index (κ3) is 4.23. The lowest BCUT2D eigenvalue weighted by Crippen LogP contribution is -2.54. The minimum absolute atomic E-state index is 0.165. The number of hydrogen-bond donors (Lipinski definition) is 2. The second-order valence-electron chi connectivity index (χ2n) is 8.64. The molecule has 0 aromatic heterocycles. The predicted octanol–water partition coefficient (Wildman–Crippen LogP) is 3.13. The van der Waals surface area contributed by atoms with Crippen LogP contribution in [0.15, 0.2) is 11.8 Å². The molecule has 1 atom stereocenters. The molecule has 4 rings (SSSR count). The van der Waals surface area contributed by atoms with Crippen LogP contribution in [-0.4, -0.2) is 31.7 Å². The van der Waals surface area contributed by atoms with Crippen LogP contribution in [-0.2, 0) is 9.53 Å². The van der Waals surface area contributed by atoms with Crippen molar-refractivity contribution in [2.75, 3.05) is 19.8 Å². The summed E-state index contributed by atoms with van der Waals surface area (Å²) in [4.78, 5) is 12.2. The summed E-state index contributed by atoms with van der Waals surface area (Å²) < 4.78 is 5.25. The van der Waals surface area contributed by atoms with Crippen molar-refractivity contribution < 1.29 is 9.53 Å². The van der Waals surface area contributed by atoms with E-state index in [0.29, 0.717) is 31.2 Å². The normalized spacial score (nSPS) is 33.6. The van der Waals surface area contributed by atoms with E-state index < -0.39 is 0 Å². The van der Waals surface area contributed by atoms with Crippen LogP contribution < -0.4 is 10.6 Å². The predicted molar refractivity (Wildman–Crippen MR) is 101 cm³/mol. The standard InChI is InChI=1S/C21H33N3O2/c1-3-26-6-4-5-23-20(25)19(13-22)14-24-15(2)21-10-16-7-17(11-21)9-18(8-16)12-21/h14-18,24H,3-12H2,1-2H3,(H,23,25)/b19-14-. The molecule has 0 saturated heterocycles. The lowest BCUT2D eigenvalue weighted by molar-refractivity contribution is -0.117. The van der Waals surface area contributed by atoms with E-state index in [-0.39, 0.29) is 11.5 Å². The fourth-order valence-corrected chi connectivity index (χ4v) is 5.86. The third-order valence-corrected chi connectivity index (χ3v) is 6.80. The molecule has 5 heteroatoms. The fourth-order valence-electron chi connectivity index (χ4n) is 5.86. The van der Waals surface area contributed by atoms with E-state index in [1.54, 1.807) is 6.20 Å². The number of ether oxygens (including phenoxy) is 1. The molecule has 144 valence electrons. The van der Waals surface area contributed by atoms with Gasteiger partial charge in [0.2, 0.25) is 0 Å². The van der Waals surface area contributed by atoms with Crippen LogP contribution in [0.25, 0.3) is 0 Å². The van der Waals surface area contributed by atoms with Gasteiger partial charge in [0.25, 0.3) is 5.91 Å². The van der Waals surface area contributed by atoms with Crippen LogP contribution in [0.3, 0.4) is 0 Å². The highest BCUT2D eigenvalue weighted by Gasteiger charge is 2.52. The van der Waals surface area contributed by atoms with Gasteiger partial charge in [-0.1, -0.05) is 0 Å². The summed E-state index contributed by atoms with van der Waals surface area (Å²) in [6, 6.07) is 2.35. The largest absolute Gasteiger partial charge is 0.387 e. The van der Waals surface area contributed by atoms with E-state index >= 15 is 0 Å². The number of nitrogens with one attached hydrogen (secondary N) is 2. The first-order chi connectivity index (χ1) is 12.6. The summed E-state index contributed by atoms with van der Waals surface area (Å²) in [6.45, 7) is 6.03. The van der Waals surface area contributed by atoms with Gasteiger partial charge < -0.3 is 15.4 Å². The van der Waals surface area contributed by atoms with Crippen molar-refractivity contribution in [2.24, 2.45) is 23.2 Å². The van der Waals surface area contributed by atoms with E-state index in [4.69, 9.17) is 4.74 Å². The molecule has 1 amide bonds. The van der Waals surface area contributed by atoms with Gasteiger partial charge in [-0.2, -0.15) is 5.26 Å². The van der Waals surface area contributed by atoms with Crippen LogP contribution in [0.2, 0.25) is 0 Å². The fraction of sp³-hybridized carbons (Fsp3) is 0.810. The molecule has 2 N–H and O–H groups in total. The molecule has 4 fully saturated rings. The Morgan fingerprint density at radius 3 is 2.42 bits per heavy atom. The Hall–Kier alpha value is -1.54. The van der Waals surface area contributed by atoms with Gasteiger partial charge in [-0.15, -0.1) is 0 Å². The Labute approximate surface area is 157 Å². The molecule has 0 aliphatic heterocycles. The van der Waals surface area contributed by atoms with E-state index in [9.17, 15) is 10.1 Å². The Balaban J connectivity index is 1.52. The van der Waals surface area contributed by atoms with E-state index in [1.165, 1.54) is 38.5 Å². The summed E-state index contributed by atoms with van der Waals surface area (Å²) in [5.41, 5.74) is 0.526. The van der Waals surface area contributed by atoms with Crippen molar-refractivity contribution in [1.29, 1.82) is 5.26 Å². The molecule has 0 heterocycles. The first-order valence-electron chi connectivity index (χ1n) is 10.3. The van der Waals surface area contributed by atoms with Crippen LogP contribution in [0.1, 0.15) is 58.8 Å². The SMILES string of the molecule is CCOCCCNC(=O)/C(C#N)=C\NC(C)C12CC3CC(CC(C3)C1)C2. The molecular weight excluding hydrogens is 326 g/mol. The Bertz CT molecular complexity index is 543. The summed E-state index contributed by atoms with van der Waals surface area (Å²) in [5.74, 6) is 2.41. The second kappa shape index (κ2) is 8.43. The molecule has 26 heavy (non-hydrogen) atoms. The highest BCUT2D eigenvalue weighted by atomic mass is 16.5. The number of carbonyl (C=O) groups is 1. The van der Waals surface area contributed by atoms with Crippen molar-refractivity contribution in [1.82, 2.24) is 10.6 Å². The minimum atomic E-state index is -0.297. The second-order valence-corrected chi connectivity index (χ2v) is 8.64. The van der Waals surface area contributed by atoms with Crippen molar-refractivity contribution >= 4 is 5.91 Å². The van der Waals surface area contributed by atoms with Gasteiger partial charge >= 0.3 is 0 Å². The highest BCUT2D eigenvalue weighted by molar-refractivity contribution is 5.97. The van der Waals surface area contributed by atoms with Crippen LogP contribution in [0.5, 0.6) is 0 Å². The number of nitriles is 1. The summed E-state index contributed by atoms with van der Waals surface area (Å²) >= 11 is 0. The zero-order valence-corrected chi connectivity index (χ0v) is 16.2. The van der Waals surface area contributed by atoms with Crippen LogP contribution >= 0.6 is 0 Å². The third-order valence-electron chi connectivity index (χ3n) is 6.80. The molecule has 4 bridgehead atoms. The lowest BCUT2D eigenvalue weighted by Gasteiger charge is -2.59. The first kappa shape index (κ1) is 19.2. The Morgan fingerprint density at radius 1 is 1.27 bits per heavy atom. The summed E-state index contributed by atoms with van der Waals surface area (Å²) in [6.07, 6.45) is 10.6. The number of nitrogens with zero attached hydrogens (tertiary/aromatic N) is 1. The van der Waals surface area contributed by atoms with E-state index in [0.717, 1.165) is 24.2 Å². The number of carbonyl (C=O) groups excluding carboxylic acids is 1. The smallest absolute Gasteiger partial charge is 0.263 e. The van der Waals surface area contributed by atoms with Gasteiger partial charge in [0.1, 0.15) is 11.6 Å². The number of amides is 1. The van der Waals surface area contributed by atoms with Crippen LogP contribution in [0, 0.1) is 34.5 Å². The Kier molecular flexibility index (Phi) is 6.24. The topological polar surface area (TPSA) is 74.1 Å². The van der Waals surface area contributed by atoms with Gasteiger partial charge in [0.05, 0.1) is 0 Å². The monoisotopic (exact) mass is 359 g/mol. The summed E-state index contributed by atoms with van der Waals surface area (Å²) in [7, 11) is 0. The number of hydrogen-bond acceptors (Lipinski definition) is 4. The van der Waals surface area contributed by atoms with Crippen LogP contribution in [0.4, 0.5) is 0 Å². The zero-order chi connectivity index (χ0) is 18.6. The van der Waals surface area contributed by atoms with Gasteiger partial charge in [-0.25, -0.2) is 0 Å². The summed E-state index contributed by atoms with van der Waals surface area (Å²) in [5, 5.41) is 15.6. The van der Waals surface area contributed by atoms with Gasteiger partial charge in [0, 0.05) is 32.0 Å². The van der Waals surface area contributed by atoms with E-state index in [2.05, 4.69) is 17.6 Å². The molecule has 0 spiro atoms. The van der Waals surface area contributed by atoms with E-state index in [1.807, 2.05) is 13.0 Å². The molecule has 1 unspecified atom stereocenters. The molecule has 0 aromatic rings. The zero-order valence-electron chi connectivity index (χ0n) is 16.2. The molecule has 0 aromatic carbocycles. The van der Waals surface area contributed by atoms with Crippen molar-refractivity contribution in [3.8, 4) is 6.07 Å². The maximum absolute atomic E-state index is 12.2. The molecule has 0 radical (unpaired) electrons. The van der Waals surface area contributed by atoms with Crippen molar-refractivity contribution in [2.45, 2.75) is 64.8 Å². The van der Waals surface area contributed by atoms with Crippen molar-refractivity contribution in [3.63, 3.8) is 0 Å². The molecule has 4 saturated carbocycles.